The molecular weight excluding hydrogens is 706 g/mol. The number of hydrogen-bond acceptors (Lipinski definition) is 2. The van der Waals surface area contributed by atoms with Crippen molar-refractivity contribution < 1.29 is 9.59 Å². The fourth-order valence-corrected chi connectivity index (χ4v) is 5.70. The number of anilines is 2. The van der Waals surface area contributed by atoms with E-state index in [4.69, 9.17) is 0 Å². The van der Waals surface area contributed by atoms with E-state index in [-0.39, 0.29) is 80.7 Å². The van der Waals surface area contributed by atoms with Crippen LogP contribution in [0.3, 0.4) is 0 Å². The van der Waals surface area contributed by atoms with Crippen LogP contribution in [-0.4, -0.2) is 87.8 Å². The first-order chi connectivity index (χ1) is 8.25. The molecule has 0 aliphatic carbocycles. The molecule has 99 valence electrons. The molecule has 0 atom stereocenters. The summed E-state index contributed by atoms with van der Waals surface area (Å²) in [5, 5.41) is 2.81. The van der Waals surface area contributed by atoms with Crippen molar-refractivity contribution >= 4 is 160 Å². The monoisotopic (exact) mass is 717 g/mol. The maximum absolute atomic E-state index is 11.5. The van der Waals surface area contributed by atoms with Gasteiger partial charge in [-0.05, 0) is 73.8 Å². The SMILES string of the molecule is CC(=O)Nc1c(I)cc(I)c(N(C)C(C)=O)c1I.[Cs]. The van der Waals surface area contributed by atoms with E-state index in [0.29, 0.717) is 0 Å². The summed E-state index contributed by atoms with van der Waals surface area (Å²) in [4.78, 5) is 24.3. The third-order valence-electron chi connectivity index (χ3n) is 2.25. The van der Waals surface area contributed by atoms with Crippen LogP contribution in [0.25, 0.3) is 0 Å². The third-order valence-corrected chi connectivity index (χ3v) is 4.98. The van der Waals surface area contributed by atoms with Crippen LogP contribution in [0.2, 0.25) is 0 Å². The van der Waals surface area contributed by atoms with Gasteiger partial charge in [-0.25, -0.2) is 0 Å². The maximum Gasteiger partial charge on any atom is 0.223 e. The number of nitrogens with one attached hydrogen (secondary N) is 1. The summed E-state index contributed by atoms with van der Waals surface area (Å²) in [6.07, 6.45) is 0. The molecule has 1 aromatic rings. The summed E-state index contributed by atoms with van der Waals surface area (Å²) < 4.78 is 2.81. The van der Waals surface area contributed by atoms with Gasteiger partial charge in [-0.3, -0.25) is 9.59 Å². The molecule has 0 saturated carbocycles. The number of hydrogen-bond donors (Lipinski definition) is 1. The Morgan fingerprint density at radius 3 is 2.11 bits per heavy atom. The van der Waals surface area contributed by atoms with Gasteiger partial charge in [0.25, 0.3) is 0 Å². The van der Waals surface area contributed by atoms with Crippen LogP contribution < -0.4 is 10.2 Å². The molecule has 0 aromatic heterocycles. The maximum atomic E-state index is 11.5. The zero-order valence-corrected chi connectivity index (χ0v) is 23.7. The number of carbonyl (C=O) groups is 2. The Labute approximate surface area is 212 Å². The van der Waals surface area contributed by atoms with Crippen molar-refractivity contribution in [3.63, 3.8) is 0 Å². The molecule has 0 fully saturated rings. The van der Waals surface area contributed by atoms with Crippen LogP contribution in [0.15, 0.2) is 6.07 Å². The van der Waals surface area contributed by atoms with Gasteiger partial charge in [0.15, 0.2) is 0 Å². The van der Waals surface area contributed by atoms with E-state index >= 15 is 0 Å². The van der Waals surface area contributed by atoms with Crippen LogP contribution in [0.4, 0.5) is 11.4 Å². The van der Waals surface area contributed by atoms with Crippen molar-refractivity contribution in [1.29, 1.82) is 0 Å². The van der Waals surface area contributed by atoms with Crippen LogP contribution in [-0.2, 0) is 9.59 Å². The Morgan fingerprint density at radius 1 is 1.16 bits per heavy atom. The second kappa shape index (κ2) is 9.52. The molecule has 0 heterocycles. The molecule has 4 nitrogen and oxygen atoms in total. The van der Waals surface area contributed by atoms with Crippen molar-refractivity contribution in [2.45, 2.75) is 13.8 Å². The first-order valence-electron chi connectivity index (χ1n) is 4.95. The van der Waals surface area contributed by atoms with Crippen molar-refractivity contribution in [2.75, 3.05) is 17.3 Å². The minimum absolute atomic E-state index is 0. The normalized spacial score (nSPS) is 9.58. The Kier molecular flexibility index (Phi) is 10.7. The molecule has 0 aliphatic rings. The predicted molar refractivity (Wildman–Crippen MR) is 104 cm³/mol. The first kappa shape index (κ1) is 21.4. The largest absolute Gasteiger partial charge is 0.324 e. The van der Waals surface area contributed by atoms with Gasteiger partial charge in [-0.15, -0.1) is 0 Å². The fraction of sp³-hybridized carbons (Fsp3) is 0.273. The van der Waals surface area contributed by atoms with E-state index in [1.165, 1.54) is 13.8 Å². The average Bonchev–Trinajstić information content (AvgIpc) is 2.23. The number of carbonyl (C=O) groups excluding carboxylic acids is 2. The molecule has 19 heavy (non-hydrogen) atoms. The van der Waals surface area contributed by atoms with Gasteiger partial charge in [-0.2, -0.15) is 0 Å². The molecule has 1 radical (unpaired) electrons. The third kappa shape index (κ3) is 5.84. The van der Waals surface area contributed by atoms with Crippen molar-refractivity contribution in [1.82, 2.24) is 0 Å². The summed E-state index contributed by atoms with van der Waals surface area (Å²) in [6, 6.07) is 1.95. The van der Waals surface area contributed by atoms with Gasteiger partial charge in [-0.1, -0.05) is 0 Å². The summed E-state index contributed by atoms with van der Waals surface area (Å²) in [5.74, 6) is -0.163. The summed E-state index contributed by atoms with van der Waals surface area (Å²) >= 11 is 6.52. The minimum Gasteiger partial charge on any atom is -0.324 e. The van der Waals surface area contributed by atoms with Crippen LogP contribution >= 0.6 is 67.8 Å². The molecule has 0 bridgehead atoms. The molecule has 0 saturated heterocycles. The van der Waals surface area contributed by atoms with E-state index in [0.717, 1.165) is 22.1 Å². The van der Waals surface area contributed by atoms with Crippen LogP contribution in [0.5, 0.6) is 0 Å². The first-order valence-corrected chi connectivity index (χ1v) is 8.18. The van der Waals surface area contributed by atoms with Gasteiger partial charge >= 0.3 is 0 Å². The molecule has 1 aromatic carbocycles. The van der Waals surface area contributed by atoms with E-state index < -0.39 is 0 Å². The average molecular weight is 717 g/mol. The molecule has 0 spiro atoms. The van der Waals surface area contributed by atoms with Gasteiger partial charge in [0.05, 0.1) is 14.9 Å². The summed E-state index contributed by atoms with van der Waals surface area (Å²) in [7, 11) is 1.73. The van der Waals surface area contributed by atoms with Crippen LogP contribution in [0.1, 0.15) is 13.8 Å². The molecule has 0 aliphatic heterocycles. The number of amides is 2. The molecule has 0 unspecified atom stereocenters. The zero-order valence-electron chi connectivity index (χ0n) is 11.0. The standard InChI is InChI=1S/C11H11I3N2O2.Cs/c1-5(17)15-10-7(12)4-8(13)11(9(10)14)16(3)6(2)18;/h4H,1-3H3,(H,15,17);. The minimum atomic E-state index is -0.122. The van der Waals surface area contributed by atoms with Crippen molar-refractivity contribution in [3.05, 3.63) is 16.8 Å². The second-order valence-electron chi connectivity index (χ2n) is 3.64. The van der Waals surface area contributed by atoms with E-state index in [2.05, 4.69) is 73.1 Å². The summed E-state index contributed by atoms with van der Waals surface area (Å²) in [5.41, 5.74) is 1.58. The number of rotatable bonds is 2. The number of benzene rings is 1. The van der Waals surface area contributed by atoms with Gasteiger partial charge in [0.1, 0.15) is 0 Å². The molecule has 8 heteroatoms. The second-order valence-corrected chi connectivity index (χ2v) is 7.04. The van der Waals surface area contributed by atoms with Gasteiger partial charge < -0.3 is 10.2 Å². The smallest absolute Gasteiger partial charge is 0.223 e. The quantitative estimate of drug-likeness (QED) is 0.479. The van der Waals surface area contributed by atoms with E-state index in [1.807, 2.05) is 6.07 Å². The van der Waals surface area contributed by atoms with Crippen LogP contribution in [0, 0.1) is 10.7 Å². The molecule has 1 rings (SSSR count). The Bertz CT molecular complexity index is 523. The Balaban J connectivity index is 0.00000324. The van der Waals surface area contributed by atoms with Gasteiger partial charge in [0, 0.05) is 96.9 Å². The topological polar surface area (TPSA) is 49.4 Å². The molecule has 2 amide bonds. The molecular formula is C11H11CsI3N2O2. The van der Waals surface area contributed by atoms with E-state index in [1.54, 1.807) is 11.9 Å². The Morgan fingerprint density at radius 2 is 1.68 bits per heavy atom. The van der Waals surface area contributed by atoms with Crippen molar-refractivity contribution in [2.24, 2.45) is 0 Å². The number of nitrogens with zero attached hydrogens (tertiary/aromatic N) is 1. The van der Waals surface area contributed by atoms with E-state index in [9.17, 15) is 9.59 Å². The zero-order chi connectivity index (χ0) is 14.0. The van der Waals surface area contributed by atoms with Gasteiger partial charge in [0.2, 0.25) is 11.8 Å². The summed E-state index contributed by atoms with van der Waals surface area (Å²) in [6.45, 7) is 2.99. The number of halogens is 3. The predicted octanol–water partition coefficient (Wildman–Crippen LogP) is 3.06. The Hall–Kier alpha value is 2.40. The molecule has 1 N–H and O–H groups in total. The fourth-order valence-electron chi connectivity index (χ4n) is 1.34. The van der Waals surface area contributed by atoms with Crippen molar-refractivity contribution in [3.8, 4) is 0 Å².